The van der Waals surface area contributed by atoms with Gasteiger partial charge in [-0.15, -0.1) is 0 Å². The lowest BCUT2D eigenvalue weighted by Crippen LogP contribution is -2.43. The number of ether oxygens (including phenoxy) is 2. The summed E-state index contributed by atoms with van der Waals surface area (Å²) in [5, 5.41) is 3.94. The first-order valence-corrected chi connectivity index (χ1v) is 9.99. The Bertz CT molecular complexity index is 1040. The van der Waals surface area contributed by atoms with E-state index in [1.165, 1.54) is 0 Å². The van der Waals surface area contributed by atoms with Crippen LogP contribution in [0.3, 0.4) is 0 Å². The summed E-state index contributed by atoms with van der Waals surface area (Å²) in [6, 6.07) is 14.9. The number of likely N-dealkylation sites (tertiary alicyclic amines) is 1. The molecule has 4 rings (SSSR count). The Kier molecular flexibility index (Phi) is 5.61. The number of fused-ring (bicyclic) bond motifs is 1. The van der Waals surface area contributed by atoms with Gasteiger partial charge in [0.1, 0.15) is 5.69 Å². The summed E-state index contributed by atoms with van der Waals surface area (Å²) in [7, 11) is 3.12. The van der Waals surface area contributed by atoms with Gasteiger partial charge in [0.25, 0.3) is 5.91 Å². The molecule has 3 aromatic rings. The van der Waals surface area contributed by atoms with Crippen LogP contribution in [0.4, 0.5) is 5.69 Å². The van der Waals surface area contributed by atoms with Crippen molar-refractivity contribution in [3.05, 3.63) is 54.2 Å². The molecule has 30 heavy (non-hydrogen) atoms. The standard InChI is InChI=1S/C23H25N3O4/c1-29-20-10-9-17(13-21(20)30-2)24-22(27)16-7-5-11-26(14-16)23(28)19-12-15-6-3-4-8-18(15)25-19/h3-4,6,8-10,12-13,16,25H,5,7,11,14H2,1-2H3,(H,24,27). The van der Waals surface area contributed by atoms with E-state index >= 15 is 0 Å². The molecule has 0 saturated carbocycles. The minimum absolute atomic E-state index is 0.0742. The summed E-state index contributed by atoms with van der Waals surface area (Å²) in [5.74, 6) is 0.712. The van der Waals surface area contributed by atoms with Gasteiger partial charge in [-0.2, -0.15) is 0 Å². The van der Waals surface area contributed by atoms with Gasteiger partial charge >= 0.3 is 0 Å². The SMILES string of the molecule is COc1ccc(NC(=O)C2CCCN(C(=O)c3cc4ccccc4[nH]3)C2)cc1OC. The van der Waals surface area contributed by atoms with Crippen molar-refractivity contribution in [2.45, 2.75) is 12.8 Å². The van der Waals surface area contributed by atoms with Crippen LogP contribution in [0.5, 0.6) is 11.5 Å². The number of benzene rings is 2. The van der Waals surface area contributed by atoms with Gasteiger partial charge in [0, 0.05) is 35.7 Å². The average molecular weight is 407 g/mol. The second-order valence-corrected chi connectivity index (χ2v) is 7.42. The molecule has 0 spiro atoms. The number of nitrogens with one attached hydrogen (secondary N) is 2. The number of methoxy groups -OCH3 is 2. The highest BCUT2D eigenvalue weighted by molar-refractivity contribution is 5.99. The predicted molar refractivity (Wildman–Crippen MR) is 115 cm³/mol. The van der Waals surface area contributed by atoms with E-state index < -0.39 is 0 Å². The van der Waals surface area contributed by atoms with Crippen LogP contribution >= 0.6 is 0 Å². The van der Waals surface area contributed by atoms with E-state index in [-0.39, 0.29) is 17.7 Å². The summed E-state index contributed by atoms with van der Waals surface area (Å²) >= 11 is 0. The Morgan fingerprint density at radius 1 is 1.07 bits per heavy atom. The van der Waals surface area contributed by atoms with Gasteiger partial charge in [-0.25, -0.2) is 0 Å². The third kappa shape index (κ3) is 3.96. The molecule has 1 aliphatic rings. The van der Waals surface area contributed by atoms with Crippen LogP contribution in [-0.4, -0.2) is 49.0 Å². The van der Waals surface area contributed by atoms with E-state index in [1.54, 1.807) is 37.3 Å². The lowest BCUT2D eigenvalue weighted by Gasteiger charge is -2.31. The van der Waals surface area contributed by atoms with Crippen LogP contribution in [0.1, 0.15) is 23.3 Å². The second-order valence-electron chi connectivity index (χ2n) is 7.42. The quantitative estimate of drug-likeness (QED) is 0.676. The number of para-hydroxylation sites is 1. The Morgan fingerprint density at radius 3 is 2.63 bits per heavy atom. The molecule has 0 aliphatic carbocycles. The molecule has 2 N–H and O–H groups in total. The molecular formula is C23H25N3O4. The minimum Gasteiger partial charge on any atom is -0.493 e. The van der Waals surface area contributed by atoms with Crippen molar-refractivity contribution in [2.75, 3.05) is 32.6 Å². The van der Waals surface area contributed by atoms with E-state index in [9.17, 15) is 9.59 Å². The van der Waals surface area contributed by atoms with Gasteiger partial charge in [0.2, 0.25) is 5.91 Å². The third-order valence-electron chi connectivity index (χ3n) is 5.49. The Balaban J connectivity index is 1.44. The summed E-state index contributed by atoms with van der Waals surface area (Å²) in [6.07, 6.45) is 1.53. The number of H-pyrrole nitrogens is 1. The number of carbonyl (C=O) groups excluding carboxylic acids is 2. The molecule has 1 unspecified atom stereocenters. The molecule has 1 atom stereocenters. The van der Waals surface area contributed by atoms with Crippen molar-refractivity contribution < 1.29 is 19.1 Å². The minimum atomic E-state index is -0.264. The van der Waals surface area contributed by atoms with Crippen molar-refractivity contribution >= 4 is 28.4 Å². The zero-order chi connectivity index (χ0) is 21.1. The molecule has 1 saturated heterocycles. The van der Waals surface area contributed by atoms with Gasteiger partial charge in [-0.05, 0) is 37.1 Å². The molecule has 2 heterocycles. The molecule has 1 aromatic heterocycles. The smallest absolute Gasteiger partial charge is 0.270 e. The van der Waals surface area contributed by atoms with E-state index in [4.69, 9.17) is 9.47 Å². The van der Waals surface area contributed by atoms with Crippen molar-refractivity contribution in [3.63, 3.8) is 0 Å². The fraction of sp³-hybridized carbons (Fsp3) is 0.304. The number of carbonyl (C=O) groups is 2. The fourth-order valence-corrected chi connectivity index (χ4v) is 3.89. The van der Waals surface area contributed by atoms with Gasteiger partial charge in [-0.3, -0.25) is 9.59 Å². The second kappa shape index (κ2) is 8.49. The Labute approximate surface area is 175 Å². The summed E-state index contributed by atoms with van der Waals surface area (Å²) in [4.78, 5) is 30.8. The number of amides is 2. The number of rotatable bonds is 5. The van der Waals surface area contributed by atoms with E-state index in [0.717, 1.165) is 23.7 Å². The first-order chi connectivity index (χ1) is 14.6. The number of piperidine rings is 1. The highest BCUT2D eigenvalue weighted by Crippen LogP contribution is 2.30. The summed E-state index contributed by atoms with van der Waals surface area (Å²) in [5.41, 5.74) is 2.12. The zero-order valence-corrected chi connectivity index (χ0v) is 17.1. The maximum absolute atomic E-state index is 13.0. The van der Waals surface area contributed by atoms with Crippen LogP contribution in [0.25, 0.3) is 10.9 Å². The third-order valence-corrected chi connectivity index (χ3v) is 5.49. The van der Waals surface area contributed by atoms with Gasteiger partial charge in [0.05, 0.1) is 20.1 Å². The zero-order valence-electron chi connectivity index (χ0n) is 17.1. The first kappa shape index (κ1) is 19.8. The molecule has 7 nitrogen and oxygen atoms in total. The van der Waals surface area contributed by atoms with Gasteiger partial charge in [-0.1, -0.05) is 18.2 Å². The lowest BCUT2D eigenvalue weighted by molar-refractivity contribution is -0.121. The van der Waals surface area contributed by atoms with E-state index in [2.05, 4.69) is 10.3 Å². The van der Waals surface area contributed by atoms with Crippen LogP contribution in [0, 0.1) is 5.92 Å². The highest BCUT2D eigenvalue weighted by Gasteiger charge is 2.29. The van der Waals surface area contributed by atoms with Crippen LogP contribution in [0.2, 0.25) is 0 Å². The molecule has 1 fully saturated rings. The number of aromatic nitrogens is 1. The molecular weight excluding hydrogens is 382 g/mol. The summed E-state index contributed by atoms with van der Waals surface area (Å²) < 4.78 is 10.5. The molecule has 0 radical (unpaired) electrons. The van der Waals surface area contributed by atoms with Crippen molar-refractivity contribution in [2.24, 2.45) is 5.92 Å². The van der Waals surface area contributed by atoms with E-state index in [0.29, 0.717) is 36.0 Å². The first-order valence-electron chi connectivity index (χ1n) is 9.99. The van der Waals surface area contributed by atoms with Crippen LogP contribution < -0.4 is 14.8 Å². The highest BCUT2D eigenvalue weighted by atomic mass is 16.5. The van der Waals surface area contributed by atoms with Crippen molar-refractivity contribution in [1.29, 1.82) is 0 Å². The number of aromatic amines is 1. The normalized spacial score (nSPS) is 16.3. The number of hydrogen-bond donors (Lipinski definition) is 2. The van der Waals surface area contributed by atoms with Crippen LogP contribution in [-0.2, 0) is 4.79 Å². The number of nitrogens with zero attached hydrogens (tertiary/aromatic N) is 1. The molecule has 156 valence electrons. The van der Waals surface area contributed by atoms with Crippen molar-refractivity contribution in [3.8, 4) is 11.5 Å². The fourth-order valence-electron chi connectivity index (χ4n) is 3.89. The molecule has 2 amide bonds. The Morgan fingerprint density at radius 2 is 1.87 bits per heavy atom. The predicted octanol–water partition coefficient (Wildman–Crippen LogP) is 3.68. The summed E-state index contributed by atoms with van der Waals surface area (Å²) in [6.45, 7) is 1.04. The maximum Gasteiger partial charge on any atom is 0.270 e. The van der Waals surface area contributed by atoms with E-state index in [1.807, 2.05) is 30.3 Å². The largest absolute Gasteiger partial charge is 0.493 e. The van der Waals surface area contributed by atoms with Gasteiger partial charge in [0.15, 0.2) is 11.5 Å². The Hall–Kier alpha value is -3.48. The van der Waals surface area contributed by atoms with Crippen molar-refractivity contribution in [1.82, 2.24) is 9.88 Å². The number of hydrogen-bond acceptors (Lipinski definition) is 4. The average Bonchev–Trinajstić information content (AvgIpc) is 3.22. The molecule has 0 bridgehead atoms. The topological polar surface area (TPSA) is 83.7 Å². The molecule has 7 heteroatoms. The monoisotopic (exact) mass is 407 g/mol. The lowest BCUT2D eigenvalue weighted by atomic mass is 9.96. The number of anilines is 1. The van der Waals surface area contributed by atoms with Crippen LogP contribution in [0.15, 0.2) is 48.5 Å². The van der Waals surface area contributed by atoms with Gasteiger partial charge < -0.3 is 24.7 Å². The molecule has 2 aromatic carbocycles. The molecule has 1 aliphatic heterocycles. The maximum atomic E-state index is 13.0.